The number of benzene rings is 2. The van der Waals surface area contributed by atoms with Gasteiger partial charge < -0.3 is 16.2 Å². The fourth-order valence-electron chi connectivity index (χ4n) is 1.50. The summed E-state index contributed by atoms with van der Waals surface area (Å²) in [5.74, 6) is -0.989. The molecule has 0 heterocycles. The predicted octanol–water partition coefficient (Wildman–Crippen LogP) is 3.47. The molecule has 2 rings (SSSR count). The van der Waals surface area contributed by atoms with Gasteiger partial charge in [0.2, 0.25) is 0 Å². The lowest BCUT2D eigenvalue weighted by Gasteiger charge is -2.10. The zero-order valence-electron chi connectivity index (χ0n) is 9.35. The molecule has 0 aliphatic carbocycles. The molecule has 0 aromatic heterocycles. The van der Waals surface area contributed by atoms with Crippen molar-refractivity contribution < 1.29 is 9.90 Å². The van der Waals surface area contributed by atoms with E-state index in [2.05, 4.69) is 21.2 Å². The van der Waals surface area contributed by atoms with Crippen molar-refractivity contribution in [2.24, 2.45) is 0 Å². The Morgan fingerprint density at radius 1 is 1.17 bits per heavy atom. The van der Waals surface area contributed by atoms with Crippen LogP contribution in [0.5, 0.6) is 0 Å². The summed E-state index contributed by atoms with van der Waals surface area (Å²) in [5, 5.41) is 12.0. The van der Waals surface area contributed by atoms with Crippen LogP contribution in [0.3, 0.4) is 0 Å². The molecule has 0 saturated heterocycles. The monoisotopic (exact) mass is 306 g/mol. The fourth-order valence-corrected chi connectivity index (χ4v) is 1.76. The maximum absolute atomic E-state index is 10.8. The highest BCUT2D eigenvalue weighted by Crippen LogP contribution is 2.25. The first-order valence-corrected chi connectivity index (χ1v) is 6.01. The Morgan fingerprint density at radius 2 is 1.83 bits per heavy atom. The molecule has 0 amide bonds. The number of anilines is 3. The van der Waals surface area contributed by atoms with Crippen LogP contribution in [0.25, 0.3) is 0 Å². The van der Waals surface area contributed by atoms with E-state index in [1.807, 2.05) is 24.3 Å². The van der Waals surface area contributed by atoms with Crippen LogP contribution in [-0.4, -0.2) is 11.1 Å². The molecule has 0 radical (unpaired) electrons. The first-order valence-electron chi connectivity index (χ1n) is 5.21. The van der Waals surface area contributed by atoms with Crippen molar-refractivity contribution in [3.05, 3.63) is 52.5 Å². The zero-order chi connectivity index (χ0) is 13.1. The number of rotatable bonds is 3. The number of hydrogen-bond acceptors (Lipinski definition) is 3. The lowest BCUT2D eigenvalue weighted by Crippen LogP contribution is -2.01. The molecule has 2 aromatic carbocycles. The van der Waals surface area contributed by atoms with Crippen LogP contribution >= 0.6 is 15.9 Å². The predicted molar refractivity (Wildman–Crippen MR) is 75.2 cm³/mol. The van der Waals surface area contributed by atoms with Gasteiger partial charge in [-0.3, -0.25) is 0 Å². The van der Waals surface area contributed by atoms with E-state index in [0.29, 0.717) is 11.4 Å². The van der Waals surface area contributed by atoms with Crippen molar-refractivity contribution >= 4 is 39.0 Å². The van der Waals surface area contributed by atoms with Crippen LogP contribution in [0.15, 0.2) is 46.9 Å². The lowest BCUT2D eigenvalue weighted by molar-refractivity contribution is 0.0697. The van der Waals surface area contributed by atoms with Gasteiger partial charge in [-0.25, -0.2) is 4.79 Å². The summed E-state index contributed by atoms with van der Waals surface area (Å²) >= 11 is 3.35. The van der Waals surface area contributed by atoms with Gasteiger partial charge in [0, 0.05) is 10.2 Å². The van der Waals surface area contributed by atoms with Crippen molar-refractivity contribution in [1.82, 2.24) is 0 Å². The van der Waals surface area contributed by atoms with Crippen LogP contribution in [0.4, 0.5) is 17.1 Å². The van der Waals surface area contributed by atoms with Gasteiger partial charge >= 0.3 is 5.97 Å². The zero-order valence-corrected chi connectivity index (χ0v) is 10.9. The number of halogens is 1. The molecule has 92 valence electrons. The third-order valence-electron chi connectivity index (χ3n) is 2.42. The minimum Gasteiger partial charge on any atom is -0.478 e. The second-order valence-electron chi connectivity index (χ2n) is 3.74. The Morgan fingerprint density at radius 3 is 2.39 bits per heavy atom. The first-order chi connectivity index (χ1) is 8.56. The van der Waals surface area contributed by atoms with E-state index < -0.39 is 5.97 Å². The molecule has 18 heavy (non-hydrogen) atoms. The molecule has 4 N–H and O–H groups in total. The maximum Gasteiger partial charge on any atom is 0.335 e. The summed E-state index contributed by atoms with van der Waals surface area (Å²) in [6.45, 7) is 0. The van der Waals surface area contributed by atoms with Crippen molar-refractivity contribution in [2.75, 3.05) is 11.1 Å². The van der Waals surface area contributed by atoms with Gasteiger partial charge in [-0.15, -0.1) is 0 Å². The molecule has 0 spiro atoms. The van der Waals surface area contributed by atoms with Crippen molar-refractivity contribution in [3.8, 4) is 0 Å². The van der Waals surface area contributed by atoms with Gasteiger partial charge in [-0.1, -0.05) is 15.9 Å². The average molecular weight is 307 g/mol. The van der Waals surface area contributed by atoms with Gasteiger partial charge in [-0.2, -0.15) is 0 Å². The van der Waals surface area contributed by atoms with Gasteiger partial charge in [0.15, 0.2) is 0 Å². The third-order valence-corrected chi connectivity index (χ3v) is 2.95. The molecular weight excluding hydrogens is 296 g/mol. The topological polar surface area (TPSA) is 75.4 Å². The quantitative estimate of drug-likeness (QED) is 0.759. The molecule has 0 saturated carbocycles. The van der Waals surface area contributed by atoms with E-state index in [1.165, 1.54) is 12.1 Å². The summed E-state index contributed by atoms with van der Waals surface area (Å²) in [7, 11) is 0. The molecule has 4 nitrogen and oxygen atoms in total. The second-order valence-corrected chi connectivity index (χ2v) is 4.65. The molecule has 0 bridgehead atoms. The van der Waals surface area contributed by atoms with Crippen LogP contribution in [0.2, 0.25) is 0 Å². The summed E-state index contributed by atoms with van der Waals surface area (Å²) in [4.78, 5) is 10.8. The van der Waals surface area contributed by atoms with Crippen molar-refractivity contribution in [3.63, 3.8) is 0 Å². The Bertz CT molecular complexity index is 582. The number of nitrogens with two attached hydrogens (primary N) is 1. The molecule has 5 heteroatoms. The van der Waals surface area contributed by atoms with Crippen LogP contribution < -0.4 is 11.1 Å². The molecule has 0 fully saturated rings. The molecule has 0 aliphatic heterocycles. The Hall–Kier alpha value is -2.01. The third kappa shape index (κ3) is 2.81. The molecule has 2 aromatic rings. The number of hydrogen-bond donors (Lipinski definition) is 3. The highest BCUT2D eigenvalue weighted by molar-refractivity contribution is 9.10. The first kappa shape index (κ1) is 12.4. The highest BCUT2D eigenvalue weighted by Gasteiger charge is 2.06. The standard InChI is InChI=1S/C13H11BrN2O2/c14-9-2-4-10(5-3-9)16-12-6-1-8(13(17)18)7-11(12)15/h1-7,16H,15H2,(H,17,18). The minimum atomic E-state index is -0.989. The summed E-state index contributed by atoms with van der Waals surface area (Å²) in [6.07, 6.45) is 0. The van der Waals surface area contributed by atoms with Crippen LogP contribution in [0, 0.1) is 0 Å². The van der Waals surface area contributed by atoms with E-state index in [0.717, 1.165) is 10.2 Å². The van der Waals surface area contributed by atoms with Gasteiger partial charge in [0.05, 0.1) is 16.9 Å². The number of aromatic carboxylic acids is 1. The van der Waals surface area contributed by atoms with Crippen molar-refractivity contribution in [2.45, 2.75) is 0 Å². The largest absolute Gasteiger partial charge is 0.478 e. The molecule has 0 aliphatic rings. The van der Waals surface area contributed by atoms with E-state index in [1.54, 1.807) is 6.07 Å². The number of nitrogen functional groups attached to an aromatic ring is 1. The van der Waals surface area contributed by atoms with E-state index in [-0.39, 0.29) is 5.56 Å². The van der Waals surface area contributed by atoms with Gasteiger partial charge in [0.1, 0.15) is 0 Å². The molecule has 0 unspecified atom stereocenters. The number of nitrogens with one attached hydrogen (secondary N) is 1. The summed E-state index contributed by atoms with van der Waals surface area (Å²) in [6, 6.07) is 12.2. The van der Waals surface area contributed by atoms with E-state index in [9.17, 15) is 4.79 Å². The Balaban J connectivity index is 2.24. The lowest BCUT2D eigenvalue weighted by atomic mass is 10.1. The van der Waals surface area contributed by atoms with E-state index >= 15 is 0 Å². The summed E-state index contributed by atoms with van der Waals surface area (Å²) in [5.41, 5.74) is 7.94. The molecule has 0 atom stereocenters. The molecular formula is C13H11BrN2O2. The smallest absolute Gasteiger partial charge is 0.335 e. The second kappa shape index (κ2) is 5.10. The van der Waals surface area contributed by atoms with Crippen LogP contribution in [0.1, 0.15) is 10.4 Å². The van der Waals surface area contributed by atoms with Gasteiger partial charge in [-0.05, 0) is 42.5 Å². The Kier molecular flexibility index (Phi) is 3.53. The average Bonchev–Trinajstić information content (AvgIpc) is 2.34. The number of carboxylic acid groups (broad SMARTS) is 1. The fraction of sp³-hybridized carbons (Fsp3) is 0. The van der Waals surface area contributed by atoms with E-state index in [4.69, 9.17) is 10.8 Å². The summed E-state index contributed by atoms with van der Waals surface area (Å²) < 4.78 is 0.988. The Labute approximate surface area is 113 Å². The minimum absolute atomic E-state index is 0.175. The van der Waals surface area contributed by atoms with Crippen LogP contribution in [-0.2, 0) is 0 Å². The maximum atomic E-state index is 10.8. The SMILES string of the molecule is Nc1cc(C(=O)O)ccc1Nc1ccc(Br)cc1. The van der Waals surface area contributed by atoms with Gasteiger partial charge in [0.25, 0.3) is 0 Å². The highest BCUT2D eigenvalue weighted by atomic mass is 79.9. The number of carbonyl (C=O) groups is 1. The normalized spacial score (nSPS) is 10.1. The number of carboxylic acids is 1. The van der Waals surface area contributed by atoms with Crippen molar-refractivity contribution in [1.29, 1.82) is 0 Å².